The van der Waals surface area contributed by atoms with Gasteiger partial charge >= 0.3 is 0 Å². The van der Waals surface area contributed by atoms with Crippen LogP contribution in [-0.2, 0) is 6.54 Å². The van der Waals surface area contributed by atoms with Crippen molar-refractivity contribution in [1.82, 2.24) is 10.3 Å². The lowest BCUT2D eigenvalue weighted by Crippen LogP contribution is -2.19. The predicted molar refractivity (Wildman–Crippen MR) is 75.9 cm³/mol. The molecule has 0 aliphatic heterocycles. The summed E-state index contributed by atoms with van der Waals surface area (Å²) in [6.45, 7) is 2.53. The number of hydrogen-bond acceptors (Lipinski definition) is 2. The minimum atomic E-state index is -0.460. The van der Waals surface area contributed by atoms with Gasteiger partial charge in [0.25, 0.3) is 0 Å². The van der Waals surface area contributed by atoms with Crippen LogP contribution in [0.2, 0.25) is 10.0 Å². The van der Waals surface area contributed by atoms with Gasteiger partial charge in [0.05, 0.1) is 5.02 Å². The summed E-state index contributed by atoms with van der Waals surface area (Å²) in [5.74, 6) is -0.460. The molecule has 0 spiro atoms. The van der Waals surface area contributed by atoms with Crippen LogP contribution in [0.25, 0.3) is 0 Å². The molecule has 1 atom stereocenters. The lowest BCUT2D eigenvalue weighted by atomic mass is 10.1. The van der Waals surface area contributed by atoms with Crippen molar-refractivity contribution in [2.75, 3.05) is 0 Å². The molecule has 0 saturated heterocycles. The maximum atomic E-state index is 13.5. The molecule has 2 aromatic rings. The summed E-state index contributed by atoms with van der Waals surface area (Å²) in [6, 6.07) is 6.46. The second-order valence-electron chi connectivity index (χ2n) is 4.21. The molecular weight excluding hydrogens is 286 g/mol. The van der Waals surface area contributed by atoms with Crippen LogP contribution in [0.3, 0.4) is 0 Å². The molecule has 1 aromatic heterocycles. The molecule has 0 radical (unpaired) electrons. The summed E-state index contributed by atoms with van der Waals surface area (Å²) in [7, 11) is 0. The van der Waals surface area contributed by atoms with Gasteiger partial charge in [-0.2, -0.15) is 0 Å². The molecule has 0 saturated carbocycles. The first-order valence-corrected chi connectivity index (χ1v) is 6.61. The minimum Gasteiger partial charge on any atom is -0.306 e. The summed E-state index contributed by atoms with van der Waals surface area (Å²) in [6.07, 6.45) is 3.45. The van der Waals surface area contributed by atoms with E-state index in [9.17, 15) is 4.39 Å². The van der Waals surface area contributed by atoms with Gasteiger partial charge in [0.2, 0.25) is 0 Å². The summed E-state index contributed by atoms with van der Waals surface area (Å²) < 4.78 is 13.5. The second kappa shape index (κ2) is 6.33. The SMILES string of the molecule is CC(NCc1ccncc1)c1c(Cl)ccc(F)c1Cl. The molecule has 0 aliphatic carbocycles. The Bertz CT molecular complexity index is 561. The number of pyridine rings is 1. The molecule has 100 valence electrons. The van der Waals surface area contributed by atoms with Crippen LogP contribution >= 0.6 is 23.2 Å². The number of halogens is 3. The molecule has 2 rings (SSSR count). The Balaban J connectivity index is 2.12. The molecule has 0 fully saturated rings. The fraction of sp³-hybridized carbons (Fsp3) is 0.214. The Kier molecular flexibility index (Phi) is 4.75. The van der Waals surface area contributed by atoms with Gasteiger partial charge in [-0.3, -0.25) is 4.98 Å². The number of nitrogens with zero attached hydrogens (tertiary/aromatic N) is 1. The molecule has 2 nitrogen and oxygen atoms in total. The average Bonchev–Trinajstić information content (AvgIpc) is 2.42. The lowest BCUT2D eigenvalue weighted by molar-refractivity contribution is 0.565. The largest absolute Gasteiger partial charge is 0.306 e. The Labute approximate surface area is 121 Å². The highest BCUT2D eigenvalue weighted by Crippen LogP contribution is 2.32. The fourth-order valence-electron chi connectivity index (χ4n) is 1.81. The third-order valence-electron chi connectivity index (χ3n) is 2.87. The van der Waals surface area contributed by atoms with E-state index in [4.69, 9.17) is 23.2 Å². The zero-order valence-electron chi connectivity index (χ0n) is 10.3. The van der Waals surface area contributed by atoms with Gasteiger partial charge in [0, 0.05) is 35.6 Å². The van der Waals surface area contributed by atoms with E-state index in [1.54, 1.807) is 12.4 Å². The van der Waals surface area contributed by atoms with Crippen LogP contribution in [-0.4, -0.2) is 4.98 Å². The van der Waals surface area contributed by atoms with Gasteiger partial charge in [-0.25, -0.2) is 4.39 Å². The maximum Gasteiger partial charge on any atom is 0.142 e. The number of aromatic nitrogens is 1. The van der Waals surface area contributed by atoms with Crippen molar-refractivity contribution in [3.63, 3.8) is 0 Å². The minimum absolute atomic E-state index is 0.0715. The van der Waals surface area contributed by atoms with Crippen molar-refractivity contribution in [2.45, 2.75) is 19.5 Å². The van der Waals surface area contributed by atoms with Crippen LogP contribution in [0.5, 0.6) is 0 Å². The molecular formula is C14H13Cl2FN2. The Morgan fingerprint density at radius 2 is 1.89 bits per heavy atom. The van der Waals surface area contributed by atoms with Crippen molar-refractivity contribution < 1.29 is 4.39 Å². The predicted octanol–water partition coefficient (Wildman–Crippen LogP) is 4.38. The lowest BCUT2D eigenvalue weighted by Gasteiger charge is -2.17. The van der Waals surface area contributed by atoms with Gasteiger partial charge in [-0.1, -0.05) is 23.2 Å². The summed E-state index contributed by atoms with van der Waals surface area (Å²) in [4.78, 5) is 3.95. The molecule has 1 N–H and O–H groups in total. The number of nitrogens with one attached hydrogen (secondary N) is 1. The summed E-state index contributed by atoms with van der Waals surface area (Å²) >= 11 is 12.0. The van der Waals surface area contributed by atoms with E-state index in [1.165, 1.54) is 12.1 Å². The second-order valence-corrected chi connectivity index (χ2v) is 5.00. The Morgan fingerprint density at radius 3 is 2.58 bits per heavy atom. The number of benzene rings is 1. The topological polar surface area (TPSA) is 24.9 Å². The highest BCUT2D eigenvalue weighted by molar-refractivity contribution is 6.36. The fourth-order valence-corrected chi connectivity index (χ4v) is 2.51. The first-order valence-electron chi connectivity index (χ1n) is 5.85. The van der Waals surface area contributed by atoms with E-state index < -0.39 is 5.82 Å². The Morgan fingerprint density at radius 1 is 1.21 bits per heavy atom. The van der Waals surface area contributed by atoms with Crippen molar-refractivity contribution in [3.05, 3.63) is 63.6 Å². The Hall–Kier alpha value is -1.16. The molecule has 0 aliphatic rings. The first-order chi connectivity index (χ1) is 9.09. The molecule has 5 heteroatoms. The van der Waals surface area contributed by atoms with E-state index in [2.05, 4.69) is 10.3 Å². The third kappa shape index (κ3) is 3.44. The van der Waals surface area contributed by atoms with E-state index in [0.717, 1.165) is 5.56 Å². The molecule has 1 heterocycles. The van der Waals surface area contributed by atoms with Crippen LogP contribution in [0, 0.1) is 5.82 Å². The first kappa shape index (κ1) is 14.3. The quantitative estimate of drug-likeness (QED) is 0.848. The van der Waals surface area contributed by atoms with Gasteiger partial charge in [-0.15, -0.1) is 0 Å². The van der Waals surface area contributed by atoms with Crippen LogP contribution in [0.4, 0.5) is 4.39 Å². The third-order valence-corrected chi connectivity index (χ3v) is 3.59. The van der Waals surface area contributed by atoms with Gasteiger partial charge in [-0.05, 0) is 36.8 Å². The van der Waals surface area contributed by atoms with Crippen LogP contribution in [0.15, 0.2) is 36.7 Å². The zero-order valence-corrected chi connectivity index (χ0v) is 11.8. The average molecular weight is 299 g/mol. The number of rotatable bonds is 4. The van der Waals surface area contributed by atoms with Gasteiger partial charge in [0.1, 0.15) is 5.82 Å². The standard InChI is InChI=1S/C14H13Cl2FN2/c1-9(19-8-10-4-6-18-7-5-10)13-11(15)2-3-12(17)14(13)16/h2-7,9,19H,8H2,1H3. The highest BCUT2D eigenvalue weighted by atomic mass is 35.5. The van der Waals surface area contributed by atoms with Crippen molar-refractivity contribution in [3.8, 4) is 0 Å². The smallest absolute Gasteiger partial charge is 0.142 e. The summed E-state index contributed by atoms with van der Waals surface area (Å²) in [5, 5.41) is 3.79. The van der Waals surface area contributed by atoms with E-state index in [-0.39, 0.29) is 11.1 Å². The van der Waals surface area contributed by atoms with Crippen LogP contribution < -0.4 is 5.32 Å². The van der Waals surface area contributed by atoms with Gasteiger partial charge < -0.3 is 5.32 Å². The zero-order chi connectivity index (χ0) is 13.8. The van der Waals surface area contributed by atoms with Crippen LogP contribution in [0.1, 0.15) is 24.1 Å². The van der Waals surface area contributed by atoms with Crippen molar-refractivity contribution >= 4 is 23.2 Å². The van der Waals surface area contributed by atoms with E-state index >= 15 is 0 Å². The molecule has 1 aromatic carbocycles. The molecule has 0 bridgehead atoms. The summed E-state index contributed by atoms with van der Waals surface area (Å²) in [5.41, 5.74) is 1.67. The highest BCUT2D eigenvalue weighted by Gasteiger charge is 2.16. The van der Waals surface area contributed by atoms with Crippen molar-refractivity contribution in [1.29, 1.82) is 0 Å². The van der Waals surface area contributed by atoms with Gasteiger partial charge in [0.15, 0.2) is 0 Å². The molecule has 19 heavy (non-hydrogen) atoms. The normalized spacial score (nSPS) is 12.4. The molecule has 0 amide bonds. The maximum absolute atomic E-state index is 13.5. The van der Waals surface area contributed by atoms with Crippen molar-refractivity contribution in [2.24, 2.45) is 0 Å². The van der Waals surface area contributed by atoms with E-state index in [1.807, 2.05) is 19.1 Å². The monoisotopic (exact) mass is 298 g/mol. The molecule has 1 unspecified atom stereocenters. The number of hydrogen-bond donors (Lipinski definition) is 1. The van der Waals surface area contributed by atoms with E-state index in [0.29, 0.717) is 17.1 Å².